The first-order valence-corrected chi connectivity index (χ1v) is 26.1. The Morgan fingerprint density at radius 2 is 0.853 bits per heavy atom. The molecular formula is C72H47NO2. The van der Waals surface area contributed by atoms with Gasteiger partial charge in [-0.15, -0.1) is 0 Å². The van der Waals surface area contributed by atoms with Crippen LogP contribution in [0.5, 0.6) is 11.5 Å². The molecule has 1 aliphatic heterocycles. The summed E-state index contributed by atoms with van der Waals surface area (Å²) < 4.78 is 13.8. The Hall–Kier alpha value is -9.44. The van der Waals surface area contributed by atoms with Gasteiger partial charge >= 0.3 is 0 Å². The molecule has 0 unspecified atom stereocenters. The van der Waals surface area contributed by atoms with Crippen molar-refractivity contribution in [2.45, 2.75) is 24.7 Å². The number of furan rings is 1. The molecule has 0 bridgehead atoms. The molecule has 0 fully saturated rings. The Balaban J connectivity index is 0.884. The van der Waals surface area contributed by atoms with Crippen LogP contribution in [0.3, 0.4) is 0 Å². The number of hydrogen-bond acceptors (Lipinski definition) is 3. The fourth-order valence-electron chi connectivity index (χ4n) is 13.5. The van der Waals surface area contributed by atoms with Gasteiger partial charge in [0.2, 0.25) is 0 Å². The molecule has 0 saturated heterocycles. The van der Waals surface area contributed by atoms with Crippen molar-refractivity contribution in [1.82, 2.24) is 0 Å². The van der Waals surface area contributed by atoms with Crippen molar-refractivity contribution >= 4 is 60.5 Å². The molecule has 12 aromatic carbocycles. The highest BCUT2D eigenvalue weighted by atomic mass is 16.5. The smallest absolute Gasteiger partial charge is 0.143 e. The van der Waals surface area contributed by atoms with Crippen LogP contribution in [0.25, 0.3) is 88.0 Å². The molecular weight excluding hydrogens is 911 g/mol. The molecule has 352 valence electrons. The van der Waals surface area contributed by atoms with Crippen LogP contribution in [-0.4, -0.2) is 0 Å². The van der Waals surface area contributed by atoms with Crippen LogP contribution in [0.2, 0.25) is 0 Å². The van der Waals surface area contributed by atoms with E-state index in [9.17, 15) is 0 Å². The zero-order chi connectivity index (χ0) is 49.6. The molecule has 16 rings (SSSR count). The van der Waals surface area contributed by atoms with E-state index in [-0.39, 0.29) is 5.41 Å². The molecule has 0 saturated carbocycles. The summed E-state index contributed by atoms with van der Waals surface area (Å²) in [5, 5.41) is 6.80. The van der Waals surface area contributed by atoms with Crippen molar-refractivity contribution in [3.63, 3.8) is 0 Å². The van der Waals surface area contributed by atoms with Crippen LogP contribution in [0.15, 0.2) is 253 Å². The van der Waals surface area contributed by atoms with Crippen molar-refractivity contribution in [2.75, 3.05) is 4.90 Å². The third-order valence-electron chi connectivity index (χ3n) is 16.9. The van der Waals surface area contributed by atoms with Gasteiger partial charge in [0.25, 0.3) is 0 Å². The molecule has 2 aliphatic carbocycles. The lowest BCUT2D eigenvalue weighted by atomic mass is 9.65. The van der Waals surface area contributed by atoms with Gasteiger partial charge in [0.15, 0.2) is 0 Å². The zero-order valence-electron chi connectivity index (χ0n) is 41.4. The van der Waals surface area contributed by atoms with Crippen LogP contribution in [0.4, 0.5) is 17.1 Å². The van der Waals surface area contributed by atoms with E-state index in [0.717, 1.165) is 105 Å². The van der Waals surface area contributed by atoms with E-state index in [1.54, 1.807) is 0 Å². The molecule has 1 aromatic heterocycles. The summed E-state index contributed by atoms with van der Waals surface area (Å²) in [5.74, 6) is 1.84. The Kier molecular flexibility index (Phi) is 8.72. The summed E-state index contributed by atoms with van der Waals surface area (Å²) in [6, 6.07) is 91.5. The summed E-state index contributed by atoms with van der Waals surface area (Å²) in [5.41, 5.74) is 21.4. The molecule has 13 aromatic rings. The van der Waals surface area contributed by atoms with E-state index in [0.29, 0.717) is 0 Å². The third-order valence-corrected chi connectivity index (χ3v) is 16.9. The van der Waals surface area contributed by atoms with Gasteiger partial charge in [-0.1, -0.05) is 214 Å². The zero-order valence-corrected chi connectivity index (χ0v) is 41.4. The van der Waals surface area contributed by atoms with Crippen LogP contribution < -0.4 is 9.64 Å². The maximum absolute atomic E-state index is 7.27. The molecule has 2 heterocycles. The Morgan fingerprint density at radius 1 is 0.320 bits per heavy atom. The predicted octanol–water partition coefficient (Wildman–Crippen LogP) is 19.5. The number of anilines is 3. The predicted molar refractivity (Wildman–Crippen MR) is 309 cm³/mol. The first kappa shape index (κ1) is 42.1. The Labute approximate surface area is 435 Å². The molecule has 75 heavy (non-hydrogen) atoms. The number of ether oxygens (including phenoxy) is 1. The SMILES string of the molecule is CC1(C)c2ccccc2-c2cc(N(c3ccc(-c4cccc5c4oc4ccccc45)cc3)c3cccc(-c4ccc5c(c4)C4(c6ccccc6-5)c5ccc6ccccc6c5Oc5c4ccc4ccccc54)c3)ccc21. The molecule has 0 N–H and O–H groups in total. The topological polar surface area (TPSA) is 25.6 Å². The molecule has 3 heteroatoms. The molecule has 0 atom stereocenters. The van der Waals surface area contributed by atoms with Crippen molar-refractivity contribution in [3.8, 4) is 56.0 Å². The highest BCUT2D eigenvalue weighted by Crippen LogP contribution is 2.64. The van der Waals surface area contributed by atoms with Crippen LogP contribution in [-0.2, 0) is 10.8 Å². The minimum atomic E-state index is -0.647. The normalized spacial score (nSPS) is 14.1. The first-order valence-electron chi connectivity index (χ1n) is 26.1. The number of benzene rings is 12. The number of rotatable bonds is 5. The van der Waals surface area contributed by atoms with Crippen LogP contribution in [0.1, 0.15) is 47.2 Å². The fraction of sp³-hybridized carbons (Fsp3) is 0.0556. The second-order valence-electron chi connectivity index (χ2n) is 21.1. The summed E-state index contributed by atoms with van der Waals surface area (Å²) in [6.07, 6.45) is 0. The van der Waals surface area contributed by atoms with Crippen molar-refractivity contribution in [1.29, 1.82) is 0 Å². The van der Waals surface area contributed by atoms with Crippen molar-refractivity contribution < 1.29 is 9.15 Å². The standard InChI is InChI=1S/C72H47NO2/c1-71(2)61-26-10-7-22-56(61)60-43-51(36-40-62(60)71)73(49-34-29-46(30-35-49)52-24-14-25-59-58-23-9-12-28-67(58)74-68(52)59)50-18-13-17-47(41-50)48-31-37-57-55-21-8-11-27-63(55)72(66(57)42-48)64-38-32-44-15-3-5-19-53(44)69(64)75-70-54-20-6-4-16-45(54)33-39-65(70)72/h3-43H,1-2H3. The second-order valence-corrected chi connectivity index (χ2v) is 21.1. The van der Waals surface area contributed by atoms with E-state index in [1.165, 1.54) is 44.5 Å². The van der Waals surface area contributed by atoms with E-state index >= 15 is 0 Å². The van der Waals surface area contributed by atoms with Gasteiger partial charge in [-0.25, -0.2) is 0 Å². The molecule has 3 aliphatic rings. The summed E-state index contributed by atoms with van der Waals surface area (Å²) in [6.45, 7) is 4.70. The van der Waals surface area contributed by atoms with Gasteiger partial charge in [-0.2, -0.15) is 0 Å². The van der Waals surface area contributed by atoms with Crippen molar-refractivity contribution in [2.24, 2.45) is 0 Å². The van der Waals surface area contributed by atoms with Gasteiger partial charge in [0.05, 0.1) is 5.41 Å². The third kappa shape index (κ3) is 5.87. The number of nitrogens with zero attached hydrogens (tertiary/aromatic N) is 1. The number of para-hydroxylation sites is 2. The highest BCUT2D eigenvalue weighted by Gasteiger charge is 2.52. The van der Waals surface area contributed by atoms with E-state index < -0.39 is 5.41 Å². The first-order chi connectivity index (χ1) is 36.9. The second kappa shape index (κ2) is 15.5. The molecule has 0 radical (unpaired) electrons. The lowest BCUT2D eigenvalue weighted by Crippen LogP contribution is -2.32. The number of hydrogen-bond donors (Lipinski definition) is 0. The average Bonchev–Trinajstić information content (AvgIpc) is 4.07. The Morgan fingerprint density at radius 3 is 1.61 bits per heavy atom. The lowest BCUT2D eigenvalue weighted by Gasteiger charge is -2.40. The van der Waals surface area contributed by atoms with Crippen LogP contribution in [0, 0.1) is 0 Å². The van der Waals surface area contributed by atoms with Gasteiger partial charge in [-0.05, 0) is 121 Å². The maximum atomic E-state index is 7.27. The minimum absolute atomic E-state index is 0.106. The molecule has 0 amide bonds. The fourth-order valence-corrected chi connectivity index (χ4v) is 13.5. The average molecular weight is 958 g/mol. The van der Waals surface area contributed by atoms with E-state index in [1.807, 2.05) is 6.07 Å². The van der Waals surface area contributed by atoms with Crippen LogP contribution >= 0.6 is 0 Å². The maximum Gasteiger partial charge on any atom is 0.143 e. The lowest BCUT2D eigenvalue weighted by molar-refractivity contribution is 0.447. The minimum Gasteiger partial charge on any atom is -0.455 e. The van der Waals surface area contributed by atoms with Gasteiger partial charge in [0, 0.05) is 60.7 Å². The highest BCUT2D eigenvalue weighted by molar-refractivity contribution is 6.10. The summed E-state index contributed by atoms with van der Waals surface area (Å²) in [7, 11) is 0. The van der Waals surface area contributed by atoms with Gasteiger partial charge in [-0.3, -0.25) is 0 Å². The monoisotopic (exact) mass is 957 g/mol. The van der Waals surface area contributed by atoms with Gasteiger partial charge in [0.1, 0.15) is 22.7 Å². The molecule has 3 nitrogen and oxygen atoms in total. The Bertz CT molecular complexity index is 4470. The van der Waals surface area contributed by atoms with Crippen molar-refractivity contribution in [3.05, 3.63) is 282 Å². The number of fused-ring (bicyclic) bond motifs is 19. The largest absolute Gasteiger partial charge is 0.455 e. The summed E-state index contributed by atoms with van der Waals surface area (Å²) >= 11 is 0. The molecule has 1 spiro atoms. The summed E-state index contributed by atoms with van der Waals surface area (Å²) in [4.78, 5) is 2.43. The van der Waals surface area contributed by atoms with E-state index in [2.05, 4.69) is 261 Å². The quantitative estimate of drug-likeness (QED) is 0.172. The van der Waals surface area contributed by atoms with Gasteiger partial charge < -0.3 is 14.1 Å². The van der Waals surface area contributed by atoms with E-state index in [4.69, 9.17) is 9.15 Å².